The summed E-state index contributed by atoms with van der Waals surface area (Å²) >= 11 is 0. The highest BCUT2D eigenvalue weighted by atomic mass is 16.5. The summed E-state index contributed by atoms with van der Waals surface area (Å²) in [6, 6.07) is 5.89. The molecule has 1 aliphatic carbocycles. The van der Waals surface area contributed by atoms with Gasteiger partial charge in [0.25, 0.3) is 0 Å². The van der Waals surface area contributed by atoms with Crippen LogP contribution >= 0.6 is 0 Å². The van der Waals surface area contributed by atoms with E-state index in [-0.39, 0.29) is 0 Å². The summed E-state index contributed by atoms with van der Waals surface area (Å²) in [7, 11) is 6.89. The van der Waals surface area contributed by atoms with Gasteiger partial charge in [0.05, 0.1) is 14.2 Å². The molecular weight excluding hydrogens is 330 g/mol. The summed E-state index contributed by atoms with van der Waals surface area (Å²) in [6.45, 7) is 2.35. The number of aliphatic imine (C=N–C) groups is 1. The van der Waals surface area contributed by atoms with E-state index in [4.69, 9.17) is 14.2 Å². The van der Waals surface area contributed by atoms with Gasteiger partial charge in [-0.3, -0.25) is 4.99 Å². The van der Waals surface area contributed by atoms with Crippen LogP contribution in [0.3, 0.4) is 0 Å². The second kappa shape index (κ2) is 10.3. The lowest BCUT2D eigenvalue weighted by Gasteiger charge is -2.30. The first-order valence-corrected chi connectivity index (χ1v) is 9.31. The number of rotatable bonds is 9. The minimum absolute atomic E-state index is 0.321. The fourth-order valence-electron chi connectivity index (χ4n) is 3.72. The Morgan fingerprint density at radius 2 is 1.88 bits per heavy atom. The van der Waals surface area contributed by atoms with Gasteiger partial charge >= 0.3 is 0 Å². The molecule has 146 valence electrons. The van der Waals surface area contributed by atoms with Gasteiger partial charge in [0.1, 0.15) is 0 Å². The molecule has 0 aliphatic heterocycles. The summed E-state index contributed by atoms with van der Waals surface area (Å²) in [5.41, 5.74) is 1.35. The van der Waals surface area contributed by atoms with Crippen LogP contribution in [0.2, 0.25) is 0 Å². The standard InChI is InChI=1S/C20H33N3O3/c1-21-19(23-15-20(12-13-24-2)10-5-6-11-20)22-14-16-8-7-9-17(25-3)18(16)26-4/h7-9H,5-6,10-15H2,1-4H3,(H2,21,22,23). The third-order valence-electron chi connectivity index (χ3n) is 5.29. The molecule has 26 heavy (non-hydrogen) atoms. The van der Waals surface area contributed by atoms with Crippen LogP contribution in [0.15, 0.2) is 23.2 Å². The fourth-order valence-corrected chi connectivity index (χ4v) is 3.72. The smallest absolute Gasteiger partial charge is 0.191 e. The van der Waals surface area contributed by atoms with Crippen molar-refractivity contribution in [3.8, 4) is 11.5 Å². The third-order valence-corrected chi connectivity index (χ3v) is 5.29. The normalized spacial score (nSPS) is 16.4. The molecule has 0 radical (unpaired) electrons. The molecule has 2 rings (SSSR count). The van der Waals surface area contributed by atoms with Crippen LogP contribution in [0, 0.1) is 5.41 Å². The van der Waals surface area contributed by atoms with Crippen molar-refractivity contribution >= 4 is 5.96 Å². The van der Waals surface area contributed by atoms with Crippen LogP contribution in [0.4, 0.5) is 0 Å². The van der Waals surface area contributed by atoms with Crippen molar-refractivity contribution in [2.45, 2.75) is 38.6 Å². The van der Waals surface area contributed by atoms with Crippen LogP contribution < -0.4 is 20.1 Å². The van der Waals surface area contributed by atoms with Crippen LogP contribution in [0.5, 0.6) is 11.5 Å². The maximum Gasteiger partial charge on any atom is 0.191 e. The molecule has 1 fully saturated rings. The topological polar surface area (TPSA) is 64.1 Å². The molecule has 0 aromatic heterocycles. The highest BCUT2D eigenvalue weighted by Gasteiger charge is 2.33. The first kappa shape index (κ1) is 20.4. The van der Waals surface area contributed by atoms with E-state index in [9.17, 15) is 0 Å². The van der Waals surface area contributed by atoms with Gasteiger partial charge in [-0.05, 0) is 30.7 Å². The number of ether oxygens (including phenoxy) is 3. The largest absolute Gasteiger partial charge is 0.493 e. The van der Waals surface area contributed by atoms with Gasteiger partial charge in [-0.1, -0.05) is 25.0 Å². The number of nitrogens with one attached hydrogen (secondary N) is 2. The van der Waals surface area contributed by atoms with E-state index in [1.807, 2.05) is 18.2 Å². The van der Waals surface area contributed by atoms with Gasteiger partial charge in [0.2, 0.25) is 0 Å². The number of guanidine groups is 1. The Morgan fingerprint density at radius 1 is 1.12 bits per heavy atom. The van der Waals surface area contributed by atoms with Gasteiger partial charge in [0, 0.05) is 39.4 Å². The van der Waals surface area contributed by atoms with Crippen molar-refractivity contribution in [2.24, 2.45) is 10.4 Å². The molecule has 6 heteroatoms. The van der Waals surface area contributed by atoms with Crippen molar-refractivity contribution in [1.29, 1.82) is 0 Å². The van der Waals surface area contributed by atoms with Crippen molar-refractivity contribution in [1.82, 2.24) is 10.6 Å². The molecule has 6 nitrogen and oxygen atoms in total. The Morgan fingerprint density at radius 3 is 2.50 bits per heavy atom. The minimum atomic E-state index is 0.321. The monoisotopic (exact) mass is 363 g/mol. The SMILES string of the molecule is CN=C(NCc1cccc(OC)c1OC)NCC1(CCOC)CCCC1. The zero-order valence-corrected chi connectivity index (χ0v) is 16.6. The summed E-state index contributed by atoms with van der Waals surface area (Å²) in [5.74, 6) is 2.29. The fraction of sp³-hybridized carbons (Fsp3) is 0.650. The molecule has 1 aliphatic rings. The average molecular weight is 364 g/mol. The summed E-state index contributed by atoms with van der Waals surface area (Å²) < 4.78 is 16.2. The minimum Gasteiger partial charge on any atom is -0.493 e. The zero-order chi connectivity index (χ0) is 18.8. The molecule has 0 heterocycles. The Bertz CT molecular complexity index is 584. The molecule has 1 aromatic carbocycles. The second-order valence-corrected chi connectivity index (χ2v) is 6.88. The number of hydrogen-bond acceptors (Lipinski definition) is 4. The predicted octanol–water partition coefficient (Wildman–Crippen LogP) is 2.97. The molecule has 1 aromatic rings. The third kappa shape index (κ3) is 5.27. The summed E-state index contributed by atoms with van der Waals surface area (Å²) in [5, 5.41) is 6.89. The Labute approximate surface area is 157 Å². The molecule has 0 spiro atoms. The van der Waals surface area contributed by atoms with E-state index in [2.05, 4.69) is 15.6 Å². The van der Waals surface area contributed by atoms with E-state index in [1.54, 1.807) is 28.4 Å². The van der Waals surface area contributed by atoms with Crippen molar-refractivity contribution in [3.05, 3.63) is 23.8 Å². The van der Waals surface area contributed by atoms with E-state index < -0.39 is 0 Å². The number of nitrogens with zero attached hydrogens (tertiary/aromatic N) is 1. The van der Waals surface area contributed by atoms with Crippen molar-refractivity contribution < 1.29 is 14.2 Å². The van der Waals surface area contributed by atoms with Gasteiger partial charge in [-0.25, -0.2) is 0 Å². The molecule has 0 unspecified atom stereocenters. The second-order valence-electron chi connectivity index (χ2n) is 6.88. The van der Waals surface area contributed by atoms with Crippen molar-refractivity contribution in [3.63, 3.8) is 0 Å². The van der Waals surface area contributed by atoms with E-state index in [1.165, 1.54) is 25.7 Å². The molecule has 0 bridgehead atoms. The van der Waals surface area contributed by atoms with Crippen LogP contribution in [0.25, 0.3) is 0 Å². The lowest BCUT2D eigenvalue weighted by molar-refractivity contribution is 0.138. The number of hydrogen-bond donors (Lipinski definition) is 2. The first-order chi connectivity index (χ1) is 12.7. The van der Waals surface area contributed by atoms with Crippen LogP contribution in [-0.2, 0) is 11.3 Å². The number of para-hydroxylation sites is 1. The van der Waals surface area contributed by atoms with Gasteiger partial charge in [-0.15, -0.1) is 0 Å². The zero-order valence-electron chi connectivity index (χ0n) is 16.6. The van der Waals surface area contributed by atoms with Gasteiger partial charge in [-0.2, -0.15) is 0 Å². The summed E-state index contributed by atoms with van der Waals surface area (Å²) in [4.78, 5) is 4.36. The lowest BCUT2D eigenvalue weighted by atomic mass is 9.83. The molecule has 0 saturated heterocycles. The highest BCUT2D eigenvalue weighted by molar-refractivity contribution is 5.79. The van der Waals surface area contributed by atoms with E-state index in [0.717, 1.165) is 42.6 Å². The molecule has 0 atom stereocenters. The maximum absolute atomic E-state index is 5.50. The van der Waals surface area contributed by atoms with Gasteiger partial charge in [0.15, 0.2) is 17.5 Å². The van der Waals surface area contributed by atoms with E-state index >= 15 is 0 Å². The van der Waals surface area contributed by atoms with Crippen LogP contribution in [0.1, 0.15) is 37.7 Å². The van der Waals surface area contributed by atoms with Gasteiger partial charge < -0.3 is 24.8 Å². The van der Waals surface area contributed by atoms with Crippen molar-refractivity contribution in [2.75, 3.05) is 41.5 Å². The number of methoxy groups -OCH3 is 3. The lowest BCUT2D eigenvalue weighted by Crippen LogP contribution is -2.43. The van der Waals surface area contributed by atoms with E-state index in [0.29, 0.717) is 12.0 Å². The Kier molecular flexibility index (Phi) is 8.04. The maximum atomic E-state index is 5.50. The summed E-state index contributed by atoms with van der Waals surface area (Å²) in [6.07, 6.45) is 6.21. The Balaban J connectivity index is 1.94. The Hall–Kier alpha value is -1.95. The predicted molar refractivity (Wildman–Crippen MR) is 105 cm³/mol. The quantitative estimate of drug-likeness (QED) is 0.522. The van der Waals surface area contributed by atoms with Crippen LogP contribution in [-0.4, -0.2) is 47.5 Å². The highest BCUT2D eigenvalue weighted by Crippen LogP contribution is 2.40. The number of benzene rings is 1. The molecule has 1 saturated carbocycles. The molecular formula is C20H33N3O3. The molecule has 2 N–H and O–H groups in total. The first-order valence-electron chi connectivity index (χ1n) is 9.31. The molecule has 0 amide bonds. The average Bonchev–Trinajstić information content (AvgIpc) is 3.15.